The average molecular weight is 313 g/mol. The number of hydrogen-bond donors (Lipinski definition) is 0. The van der Waals surface area contributed by atoms with Crippen LogP contribution in [0, 0.1) is 0 Å². The van der Waals surface area contributed by atoms with Gasteiger partial charge in [-0.05, 0) is 19.3 Å². The van der Waals surface area contributed by atoms with Crippen molar-refractivity contribution >= 4 is 0 Å². The predicted molar refractivity (Wildman–Crippen MR) is 102 cm³/mol. The van der Waals surface area contributed by atoms with Crippen LogP contribution in [0.4, 0.5) is 0 Å². The molecule has 0 fully saturated rings. The van der Waals surface area contributed by atoms with Gasteiger partial charge < -0.3 is 4.48 Å². The van der Waals surface area contributed by atoms with Crippen LogP contribution in [0.5, 0.6) is 0 Å². The number of unbranched alkanes of at least 4 members (excludes halogenated alkanes) is 2. The minimum Gasteiger partial charge on any atom is -0.319 e. The molecule has 1 nitrogen and oxygen atoms in total. The second-order valence-corrected chi connectivity index (χ2v) is 7.50. The Bertz CT molecular complexity index is 221. The molecule has 0 aromatic heterocycles. The molecule has 0 aromatic carbocycles. The molecular weight excluding hydrogens is 266 g/mol. The van der Waals surface area contributed by atoms with Crippen LogP contribution in [-0.4, -0.2) is 29.7 Å². The Morgan fingerprint density at radius 3 is 1.18 bits per heavy atom. The van der Waals surface area contributed by atoms with E-state index in [2.05, 4.69) is 41.5 Å². The Labute approximate surface area is 142 Å². The molecule has 134 valence electrons. The van der Waals surface area contributed by atoms with Gasteiger partial charge in [0, 0.05) is 19.3 Å². The third-order valence-electron chi connectivity index (χ3n) is 5.68. The smallest absolute Gasteiger partial charge is 0.0992 e. The molecule has 0 radical (unpaired) electrons. The van der Waals surface area contributed by atoms with Gasteiger partial charge in [-0.2, -0.15) is 0 Å². The maximum atomic E-state index is 2.40. The van der Waals surface area contributed by atoms with E-state index in [9.17, 15) is 0 Å². The molecule has 0 aliphatic carbocycles. The van der Waals surface area contributed by atoms with E-state index in [-0.39, 0.29) is 0 Å². The van der Waals surface area contributed by atoms with Gasteiger partial charge in [-0.15, -0.1) is 0 Å². The van der Waals surface area contributed by atoms with Crippen molar-refractivity contribution in [3.8, 4) is 0 Å². The molecule has 0 amide bonds. The lowest BCUT2D eigenvalue weighted by Gasteiger charge is -2.55. The molecule has 0 unspecified atom stereocenters. The van der Waals surface area contributed by atoms with E-state index >= 15 is 0 Å². The zero-order valence-corrected chi connectivity index (χ0v) is 16.8. The van der Waals surface area contributed by atoms with Gasteiger partial charge in [0.1, 0.15) is 0 Å². The highest BCUT2D eigenvalue weighted by atomic mass is 15.4. The third-order valence-corrected chi connectivity index (χ3v) is 5.68. The van der Waals surface area contributed by atoms with E-state index in [4.69, 9.17) is 0 Å². The SMILES string of the molecule is CCCC[N+](CCC)(CCCC)C(CCC)(CCC)CCC. The lowest BCUT2D eigenvalue weighted by molar-refractivity contribution is -0.978. The number of rotatable bonds is 15. The summed E-state index contributed by atoms with van der Waals surface area (Å²) in [6.45, 7) is 18.6. The monoisotopic (exact) mass is 312 g/mol. The van der Waals surface area contributed by atoms with Crippen molar-refractivity contribution in [2.45, 2.75) is 118 Å². The summed E-state index contributed by atoms with van der Waals surface area (Å²) in [6.07, 6.45) is 15.2. The average Bonchev–Trinajstić information content (AvgIpc) is 2.50. The summed E-state index contributed by atoms with van der Waals surface area (Å²) in [5.74, 6) is 0. The number of nitrogens with zero attached hydrogens (tertiary/aromatic N) is 1. The maximum Gasteiger partial charge on any atom is 0.0992 e. The van der Waals surface area contributed by atoms with Gasteiger partial charge in [0.15, 0.2) is 0 Å². The highest BCUT2D eigenvalue weighted by Crippen LogP contribution is 2.40. The molecule has 0 aliphatic heterocycles. The van der Waals surface area contributed by atoms with Crippen LogP contribution in [0.15, 0.2) is 0 Å². The summed E-state index contributed by atoms with van der Waals surface area (Å²) < 4.78 is 1.43. The van der Waals surface area contributed by atoms with Gasteiger partial charge in [0.25, 0.3) is 0 Å². The van der Waals surface area contributed by atoms with E-state index in [1.807, 2.05) is 0 Å². The molecule has 22 heavy (non-hydrogen) atoms. The van der Waals surface area contributed by atoms with Crippen LogP contribution < -0.4 is 0 Å². The van der Waals surface area contributed by atoms with Gasteiger partial charge in [-0.3, -0.25) is 0 Å². The normalized spacial score (nSPS) is 12.8. The Morgan fingerprint density at radius 1 is 0.500 bits per heavy atom. The van der Waals surface area contributed by atoms with Gasteiger partial charge in [0.2, 0.25) is 0 Å². The Kier molecular flexibility index (Phi) is 12.4. The fourth-order valence-electron chi connectivity index (χ4n) is 4.88. The van der Waals surface area contributed by atoms with Crippen LogP contribution in [-0.2, 0) is 0 Å². The van der Waals surface area contributed by atoms with Crippen LogP contribution in [0.3, 0.4) is 0 Å². The summed E-state index contributed by atoms with van der Waals surface area (Å²) in [6, 6.07) is 0. The first-order chi connectivity index (χ1) is 10.6. The molecule has 0 spiro atoms. The zero-order valence-electron chi connectivity index (χ0n) is 16.8. The summed E-state index contributed by atoms with van der Waals surface area (Å²) in [5.41, 5.74) is 0.554. The number of hydrogen-bond acceptors (Lipinski definition) is 0. The van der Waals surface area contributed by atoms with E-state index in [0.29, 0.717) is 5.54 Å². The van der Waals surface area contributed by atoms with Crippen molar-refractivity contribution in [3.05, 3.63) is 0 Å². The summed E-state index contributed by atoms with van der Waals surface area (Å²) in [4.78, 5) is 0. The maximum absolute atomic E-state index is 2.40. The van der Waals surface area contributed by atoms with Gasteiger partial charge in [0.05, 0.1) is 25.2 Å². The molecule has 0 bridgehead atoms. The van der Waals surface area contributed by atoms with Crippen LogP contribution in [0.2, 0.25) is 0 Å². The molecule has 0 heterocycles. The van der Waals surface area contributed by atoms with Gasteiger partial charge in [-0.1, -0.05) is 73.6 Å². The Hall–Kier alpha value is -0.0400. The van der Waals surface area contributed by atoms with Crippen molar-refractivity contribution < 1.29 is 4.48 Å². The van der Waals surface area contributed by atoms with E-state index in [0.717, 1.165) is 0 Å². The van der Waals surface area contributed by atoms with Crippen LogP contribution in [0.1, 0.15) is 112 Å². The second kappa shape index (κ2) is 12.4. The minimum absolute atomic E-state index is 0.554. The van der Waals surface area contributed by atoms with Crippen molar-refractivity contribution in [1.29, 1.82) is 0 Å². The Morgan fingerprint density at radius 2 is 0.909 bits per heavy atom. The third kappa shape index (κ3) is 5.87. The molecule has 0 N–H and O–H groups in total. The lowest BCUT2D eigenvalue weighted by atomic mass is 9.79. The molecule has 0 atom stereocenters. The van der Waals surface area contributed by atoms with Crippen molar-refractivity contribution in [1.82, 2.24) is 0 Å². The fraction of sp³-hybridized carbons (Fsp3) is 1.00. The first-order valence-electron chi connectivity index (χ1n) is 10.5. The van der Waals surface area contributed by atoms with Gasteiger partial charge >= 0.3 is 0 Å². The van der Waals surface area contributed by atoms with Crippen LogP contribution in [0.25, 0.3) is 0 Å². The topological polar surface area (TPSA) is 0 Å². The molecule has 0 rings (SSSR count). The summed E-state index contributed by atoms with van der Waals surface area (Å²) >= 11 is 0. The summed E-state index contributed by atoms with van der Waals surface area (Å²) in [7, 11) is 0. The minimum atomic E-state index is 0.554. The van der Waals surface area contributed by atoms with Crippen molar-refractivity contribution in [2.75, 3.05) is 19.6 Å². The molecule has 1 heteroatoms. The predicted octanol–water partition coefficient (Wildman–Crippen LogP) is 6.95. The standard InChI is InChI=1S/C21H46N/c1-7-13-19-22(18-12-6,20-14-8-2)21(15-9-3,16-10-4)17-11-5/h7-20H2,1-6H3/q+1. The quantitative estimate of drug-likeness (QED) is 0.287. The number of quaternary nitrogens is 1. The zero-order chi connectivity index (χ0) is 16.9. The molecule has 0 saturated carbocycles. The fourth-order valence-corrected chi connectivity index (χ4v) is 4.88. The van der Waals surface area contributed by atoms with Crippen LogP contribution >= 0.6 is 0 Å². The van der Waals surface area contributed by atoms with E-state index in [1.165, 1.54) is 94.7 Å². The van der Waals surface area contributed by atoms with Gasteiger partial charge in [-0.25, -0.2) is 0 Å². The first kappa shape index (κ1) is 22.0. The van der Waals surface area contributed by atoms with E-state index in [1.54, 1.807) is 0 Å². The second-order valence-electron chi connectivity index (χ2n) is 7.50. The molecular formula is C21H46N+. The highest BCUT2D eigenvalue weighted by molar-refractivity contribution is 4.82. The first-order valence-corrected chi connectivity index (χ1v) is 10.5. The van der Waals surface area contributed by atoms with Crippen molar-refractivity contribution in [2.24, 2.45) is 0 Å². The molecule has 0 saturated heterocycles. The molecule has 0 aliphatic rings. The van der Waals surface area contributed by atoms with E-state index < -0.39 is 0 Å². The Balaban J connectivity index is 5.69. The van der Waals surface area contributed by atoms with Crippen molar-refractivity contribution in [3.63, 3.8) is 0 Å². The lowest BCUT2D eigenvalue weighted by Crippen LogP contribution is -2.65. The molecule has 0 aromatic rings. The summed E-state index contributed by atoms with van der Waals surface area (Å²) in [5, 5.41) is 0. The highest BCUT2D eigenvalue weighted by Gasteiger charge is 2.47. The largest absolute Gasteiger partial charge is 0.319 e.